The predicted octanol–water partition coefficient (Wildman–Crippen LogP) is 2.19. The molecule has 34 heavy (non-hydrogen) atoms. The van der Waals surface area contributed by atoms with Gasteiger partial charge in [0, 0.05) is 5.56 Å². The first-order chi connectivity index (χ1) is 16.3. The molecule has 0 amide bonds. The van der Waals surface area contributed by atoms with Gasteiger partial charge in [-0.05, 0) is 50.3 Å². The summed E-state index contributed by atoms with van der Waals surface area (Å²) in [6.45, 7) is 2.18. The number of nitrogen functional groups attached to an aromatic ring is 1. The van der Waals surface area contributed by atoms with Crippen LogP contribution in [0.5, 0.6) is 0 Å². The number of imidazole rings is 1. The van der Waals surface area contributed by atoms with Gasteiger partial charge >= 0.3 is 0 Å². The van der Waals surface area contributed by atoms with Gasteiger partial charge < -0.3 is 14.9 Å². The van der Waals surface area contributed by atoms with Gasteiger partial charge in [0.25, 0.3) is 0 Å². The maximum Gasteiger partial charge on any atom is 0.241 e. The van der Waals surface area contributed by atoms with E-state index in [2.05, 4.69) is 24.8 Å². The monoisotopic (exact) mass is 481 g/mol. The highest BCUT2D eigenvalue weighted by atomic mass is 32.2. The largest absolute Gasteiger partial charge is 0.445 e. The van der Waals surface area contributed by atoms with E-state index in [0.29, 0.717) is 48.3 Å². The summed E-state index contributed by atoms with van der Waals surface area (Å²) in [4.78, 5) is 12.4. The van der Waals surface area contributed by atoms with E-state index in [0.717, 1.165) is 5.56 Å². The third kappa shape index (κ3) is 3.21. The molecule has 11 nitrogen and oxygen atoms in total. The van der Waals surface area contributed by atoms with Crippen molar-refractivity contribution in [2.24, 2.45) is 0 Å². The third-order valence-corrected chi connectivity index (χ3v) is 8.57. The molecular weight excluding hydrogens is 458 g/mol. The third-order valence-electron chi connectivity index (χ3n) is 7.00. The van der Waals surface area contributed by atoms with E-state index in [1.807, 2.05) is 6.92 Å². The summed E-state index contributed by atoms with van der Waals surface area (Å²) < 4.78 is 43.1. The van der Waals surface area contributed by atoms with Gasteiger partial charge in [-0.15, -0.1) is 0 Å². The van der Waals surface area contributed by atoms with Gasteiger partial charge in [0.2, 0.25) is 10.0 Å². The van der Waals surface area contributed by atoms with E-state index >= 15 is 0 Å². The standard InChI is InChI=1S/C22H23N7O4S/c1-14-2-3-15(8-16(14)17-9-25-20-19(23)26-12-27-29(17)20)34(30,31)28-21-4-6-22(7-5-21,33-11-21)18-10-24-13-32-18/h2-3,8-10,12-13,28H,4-7,11H2,1H3,(H2,23,26,27). The normalized spacial score (nSPS) is 24.6. The molecule has 5 heterocycles. The van der Waals surface area contributed by atoms with Crippen LogP contribution >= 0.6 is 0 Å². The lowest BCUT2D eigenvalue weighted by molar-refractivity contribution is -0.172. The van der Waals surface area contributed by atoms with Crippen LogP contribution in [0.25, 0.3) is 16.9 Å². The summed E-state index contributed by atoms with van der Waals surface area (Å²) in [6, 6.07) is 5.02. The number of aryl methyl sites for hydroxylation is 1. The lowest BCUT2D eigenvalue weighted by Crippen LogP contribution is -2.61. The predicted molar refractivity (Wildman–Crippen MR) is 121 cm³/mol. The summed E-state index contributed by atoms with van der Waals surface area (Å²) >= 11 is 0. The fourth-order valence-electron chi connectivity index (χ4n) is 4.99. The van der Waals surface area contributed by atoms with Crippen LogP contribution in [0.3, 0.4) is 0 Å². The molecule has 3 N–H and O–H groups in total. The van der Waals surface area contributed by atoms with Crippen LogP contribution in [0.1, 0.15) is 37.0 Å². The van der Waals surface area contributed by atoms with Crippen molar-refractivity contribution in [2.45, 2.75) is 48.6 Å². The maximum absolute atomic E-state index is 13.5. The molecule has 176 valence electrons. The number of ether oxygens (including phenoxy) is 1. The van der Waals surface area contributed by atoms with E-state index in [1.54, 1.807) is 35.1 Å². The molecule has 2 saturated heterocycles. The Labute approximate surface area is 195 Å². The zero-order valence-corrected chi connectivity index (χ0v) is 19.2. The van der Waals surface area contributed by atoms with Crippen molar-refractivity contribution in [1.82, 2.24) is 29.3 Å². The molecule has 12 heteroatoms. The molecule has 1 saturated carbocycles. The number of anilines is 1. The molecule has 1 aromatic carbocycles. The molecule has 3 aliphatic rings. The van der Waals surface area contributed by atoms with E-state index in [1.165, 1.54) is 12.7 Å². The second kappa shape index (κ2) is 7.32. The average Bonchev–Trinajstić information content (AvgIpc) is 3.52. The molecule has 0 unspecified atom stereocenters. The van der Waals surface area contributed by atoms with Gasteiger partial charge in [-0.1, -0.05) is 6.07 Å². The first-order valence-electron chi connectivity index (χ1n) is 10.9. The highest BCUT2D eigenvalue weighted by molar-refractivity contribution is 7.89. The highest BCUT2D eigenvalue weighted by Gasteiger charge is 2.53. The lowest BCUT2D eigenvalue weighted by atomic mass is 9.71. The maximum atomic E-state index is 13.5. The van der Waals surface area contributed by atoms with Crippen molar-refractivity contribution in [1.29, 1.82) is 0 Å². The van der Waals surface area contributed by atoms with Crippen molar-refractivity contribution in [2.75, 3.05) is 12.3 Å². The minimum absolute atomic E-state index is 0.164. The SMILES string of the molecule is Cc1ccc(S(=O)(=O)NC23CCC(c4cnco4)(CC2)OC3)cc1-c1cnc2c(N)ncnn12. The Morgan fingerprint density at radius 1 is 1.15 bits per heavy atom. The van der Waals surface area contributed by atoms with Crippen LogP contribution < -0.4 is 10.5 Å². The van der Waals surface area contributed by atoms with Gasteiger partial charge in [-0.2, -0.15) is 5.10 Å². The molecule has 2 bridgehead atoms. The van der Waals surface area contributed by atoms with Crippen LogP contribution in [0.15, 0.2) is 52.6 Å². The Kier molecular flexibility index (Phi) is 4.57. The summed E-state index contributed by atoms with van der Waals surface area (Å²) in [5, 5.41) is 4.23. The number of benzene rings is 1. The first-order valence-corrected chi connectivity index (χ1v) is 12.4. The molecule has 0 spiro atoms. The van der Waals surface area contributed by atoms with Crippen LogP contribution in [-0.2, 0) is 20.4 Å². The Hall–Kier alpha value is -3.35. The van der Waals surface area contributed by atoms with Crippen LogP contribution in [-0.4, -0.2) is 45.1 Å². The molecule has 3 fully saturated rings. The van der Waals surface area contributed by atoms with E-state index in [-0.39, 0.29) is 17.3 Å². The molecular formula is C22H23N7O4S. The number of oxazole rings is 1. The van der Waals surface area contributed by atoms with Crippen molar-refractivity contribution in [3.8, 4) is 11.3 Å². The van der Waals surface area contributed by atoms with Gasteiger partial charge in [-0.25, -0.2) is 32.6 Å². The van der Waals surface area contributed by atoms with Crippen molar-refractivity contribution >= 4 is 21.5 Å². The van der Waals surface area contributed by atoms with Gasteiger partial charge in [0.05, 0.1) is 35.1 Å². The number of hydrogen-bond acceptors (Lipinski definition) is 9. The molecule has 2 aliphatic heterocycles. The van der Waals surface area contributed by atoms with Crippen LogP contribution in [0.2, 0.25) is 0 Å². The summed E-state index contributed by atoms with van der Waals surface area (Å²) in [5.74, 6) is 0.948. The van der Waals surface area contributed by atoms with E-state index < -0.39 is 21.2 Å². The number of fused-ring (bicyclic) bond motifs is 4. The number of sulfonamides is 1. The molecule has 1 aliphatic carbocycles. The Bertz CT molecular complexity index is 1470. The minimum Gasteiger partial charge on any atom is -0.445 e. The summed E-state index contributed by atoms with van der Waals surface area (Å²) in [6.07, 6.45) is 8.64. The average molecular weight is 482 g/mol. The van der Waals surface area contributed by atoms with Crippen molar-refractivity contribution < 1.29 is 17.6 Å². The number of rotatable bonds is 5. The topological polar surface area (TPSA) is 151 Å². The smallest absolute Gasteiger partial charge is 0.241 e. The van der Waals surface area contributed by atoms with Gasteiger partial charge in [0.1, 0.15) is 11.9 Å². The second-order valence-electron chi connectivity index (χ2n) is 9.04. The van der Waals surface area contributed by atoms with E-state index in [4.69, 9.17) is 14.9 Å². The van der Waals surface area contributed by atoms with E-state index in [9.17, 15) is 8.42 Å². The zero-order chi connectivity index (χ0) is 23.6. The molecule has 0 atom stereocenters. The van der Waals surface area contributed by atoms with Gasteiger partial charge in [-0.3, -0.25) is 0 Å². The summed E-state index contributed by atoms with van der Waals surface area (Å²) in [5.41, 5.74) is 7.35. The Morgan fingerprint density at radius 3 is 2.68 bits per heavy atom. The number of nitrogens with zero attached hydrogens (tertiary/aromatic N) is 5. The molecule has 0 radical (unpaired) electrons. The fraction of sp³-hybridized carbons (Fsp3) is 0.364. The van der Waals surface area contributed by atoms with Crippen molar-refractivity contribution in [3.05, 3.63) is 54.6 Å². The minimum atomic E-state index is -3.82. The second-order valence-corrected chi connectivity index (χ2v) is 10.7. The lowest BCUT2D eigenvalue weighted by Gasteiger charge is -2.51. The Balaban J connectivity index is 1.30. The van der Waals surface area contributed by atoms with Gasteiger partial charge in [0.15, 0.2) is 23.6 Å². The quantitative estimate of drug-likeness (QED) is 0.437. The van der Waals surface area contributed by atoms with Crippen molar-refractivity contribution in [3.63, 3.8) is 0 Å². The zero-order valence-electron chi connectivity index (χ0n) is 18.4. The van der Waals surface area contributed by atoms with Crippen LogP contribution in [0.4, 0.5) is 5.82 Å². The summed E-state index contributed by atoms with van der Waals surface area (Å²) in [7, 11) is -3.82. The van der Waals surface area contributed by atoms with Crippen LogP contribution in [0, 0.1) is 6.92 Å². The number of nitrogens with two attached hydrogens (primary N) is 1. The fourth-order valence-corrected chi connectivity index (χ4v) is 6.46. The Morgan fingerprint density at radius 2 is 1.97 bits per heavy atom. The number of aromatic nitrogens is 5. The molecule has 3 aromatic heterocycles. The highest BCUT2D eigenvalue weighted by Crippen LogP contribution is 2.49. The molecule has 4 aromatic rings. The molecule has 7 rings (SSSR count). The first kappa shape index (κ1) is 21.2. The number of hydrogen-bond donors (Lipinski definition) is 2. The number of nitrogens with one attached hydrogen (secondary N) is 1.